The predicted octanol–water partition coefficient (Wildman–Crippen LogP) is 4.40. The number of carbonyl (C=O) groups excluding carboxylic acids is 2. The van der Waals surface area contributed by atoms with E-state index in [9.17, 15) is 14.7 Å². The molecule has 5 heteroatoms. The molecule has 0 aliphatic carbocycles. The van der Waals surface area contributed by atoms with E-state index in [0.29, 0.717) is 18.5 Å². The summed E-state index contributed by atoms with van der Waals surface area (Å²) in [6.45, 7) is 0. The SMILES string of the molecule is COC(=O)CCCCCCCCCCC(=O)Nc1ccc(O)cc1. The number of carbonyl (C=O) groups is 2. The van der Waals surface area contributed by atoms with Gasteiger partial charge in [-0.3, -0.25) is 9.59 Å². The van der Waals surface area contributed by atoms with Crippen LogP contribution in [0.1, 0.15) is 64.2 Å². The molecule has 134 valence electrons. The van der Waals surface area contributed by atoms with Gasteiger partial charge in [0.05, 0.1) is 7.11 Å². The molecule has 0 heterocycles. The number of benzene rings is 1. The third kappa shape index (κ3) is 9.87. The van der Waals surface area contributed by atoms with Crippen molar-refractivity contribution in [2.24, 2.45) is 0 Å². The zero-order chi connectivity index (χ0) is 17.6. The predicted molar refractivity (Wildman–Crippen MR) is 94.9 cm³/mol. The van der Waals surface area contributed by atoms with Gasteiger partial charge in [-0.05, 0) is 37.1 Å². The number of rotatable bonds is 12. The minimum Gasteiger partial charge on any atom is -0.508 e. The first-order valence-corrected chi connectivity index (χ1v) is 8.77. The maximum absolute atomic E-state index is 11.8. The molecule has 0 unspecified atom stereocenters. The molecule has 0 spiro atoms. The molecule has 0 saturated carbocycles. The van der Waals surface area contributed by atoms with E-state index in [1.807, 2.05) is 0 Å². The van der Waals surface area contributed by atoms with Crippen LogP contribution in [0.3, 0.4) is 0 Å². The molecule has 0 aliphatic heterocycles. The van der Waals surface area contributed by atoms with Crippen molar-refractivity contribution in [3.05, 3.63) is 24.3 Å². The Morgan fingerprint density at radius 2 is 1.38 bits per heavy atom. The second-order valence-electron chi connectivity index (χ2n) is 6.00. The number of anilines is 1. The van der Waals surface area contributed by atoms with Gasteiger partial charge in [-0.15, -0.1) is 0 Å². The highest BCUT2D eigenvalue weighted by molar-refractivity contribution is 5.90. The van der Waals surface area contributed by atoms with Crippen LogP contribution in [0.2, 0.25) is 0 Å². The molecule has 1 aromatic carbocycles. The Balaban J connectivity index is 1.92. The molecule has 0 aliphatic rings. The number of phenolic OH excluding ortho intramolecular Hbond substituents is 1. The van der Waals surface area contributed by atoms with Gasteiger partial charge in [-0.2, -0.15) is 0 Å². The minimum absolute atomic E-state index is 0.0171. The van der Waals surface area contributed by atoms with Crippen LogP contribution in [0, 0.1) is 0 Å². The molecule has 0 saturated heterocycles. The summed E-state index contributed by atoms with van der Waals surface area (Å²) in [6.07, 6.45) is 9.64. The summed E-state index contributed by atoms with van der Waals surface area (Å²) in [5, 5.41) is 12.0. The lowest BCUT2D eigenvalue weighted by Gasteiger charge is -2.05. The minimum atomic E-state index is -0.124. The Hall–Kier alpha value is -2.04. The largest absolute Gasteiger partial charge is 0.508 e. The van der Waals surface area contributed by atoms with Crippen molar-refractivity contribution < 1.29 is 19.4 Å². The number of amides is 1. The zero-order valence-corrected chi connectivity index (χ0v) is 14.6. The summed E-state index contributed by atoms with van der Waals surface area (Å²) in [5.41, 5.74) is 0.713. The first-order valence-electron chi connectivity index (χ1n) is 8.77. The summed E-state index contributed by atoms with van der Waals surface area (Å²) in [7, 11) is 1.42. The van der Waals surface area contributed by atoms with Gasteiger partial charge in [0.25, 0.3) is 0 Å². The normalized spacial score (nSPS) is 10.4. The first-order chi connectivity index (χ1) is 11.6. The average molecular weight is 335 g/mol. The monoisotopic (exact) mass is 335 g/mol. The Bertz CT molecular complexity index is 485. The number of ether oxygens (including phenoxy) is 1. The molecular formula is C19H29NO4. The quantitative estimate of drug-likeness (QED) is 0.337. The number of phenols is 1. The van der Waals surface area contributed by atoms with Crippen molar-refractivity contribution in [3.8, 4) is 5.75 Å². The molecule has 24 heavy (non-hydrogen) atoms. The molecule has 1 aromatic rings. The van der Waals surface area contributed by atoms with Crippen LogP contribution in [0.5, 0.6) is 5.75 Å². The summed E-state index contributed by atoms with van der Waals surface area (Å²) >= 11 is 0. The van der Waals surface area contributed by atoms with Gasteiger partial charge in [0.15, 0.2) is 0 Å². The summed E-state index contributed by atoms with van der Waals surface area (Å²) in [5.74, 6) is 0.0855. The number of hydrogen-bond acceptors (Lipinski definition) is 4. The first kappa shape index (κ1) is 20.0. The van der Waals surface area contributed by atoms with E-state index in [-0.39, 0.29) is 17.6 Å². The van der Waals surface area contributed by atoms with Crippen molar-refractivity contribution >= 4 is 17.6 Å². The summed E-state index contributed by atoms with van der Waals surface area (Å²) in [6, 6.07) is 6.49. The van der Waals surface area contributed by atoms with Crippen molar-refractivity contribution in [3.63, 3.8) is 0 Å². The van der Waals surface area contributed by atoms with Gasteiger partial charge in [-0.1, -0.05) is 38.5 Å². The highest BCUT2D eigenvalue weighted by Gasteiger charge is 2.02. The molecule has 5 nitrogen and oxygen atoms in total. The van der Waals surface area contributed by atoms with Gasteiger partial charge in [0.2, 0.25) is 5.91 Å². The smallest absolute Gasteiger partial charge is 0.305 e. The van der Waals surface area contributed by atoms with Crippen LogP contribution in [0.4, 0.5) is 5.69 Å². The second-order valence-corrected chi connectivity index (χ2v) is 6.00. The molecule has 1 rings (SSSR count). The van der Waals surface area contributed by atoms with Gasteiger partial charge in [-0.25, -0.2) is 0 Å². The van der Waals surface area contributed by atoms with Crippen LogP contribution >= 0.6 is 0 Å². The highest BCUT2D eigenvalue weighted by atomic mass is 16.5. The average Bonchev–Trinajstić information content (AvgIpc) is 2.58. The molecular weight excluding hydrogens is 306 g/mol. The second kappa shape index (κ2) is 12.4. The summed E-state index contributed by atoms with van der Waals surface area (Å²) < 4.78 is 4.60. The number of aromatic hydroxyl groups is 1. The molecule has 0 atom stereocenters. The number of methoxy groups -OCH3 is 1. The Labute approximate surface area is 144 Å². The number of unbranched alkanes of at least 4 members (excludes halogenated alkanes) is 7. The van der Waals surface area contributed by atoms with Crippen LogP contribution < -0.4 is 5.32 Å². The zero-order valence-electron chi connectivity index (χ0n) is 14.6. The van der Waals surface area contributed by atoms with Crippen LogP contribution in [-0.2, 0) is 14.3 Å². The third-order valence-corrected chi connectivity index (χ3v) is 3.91. The van der Waals surface area contributed by atoms with E-state index in [1.165, 1.54) is 20.0 Å². The standard InChI is InChI=1S/C19H29NO4/c1-24-19(23)11-9-7-5-3-2-4-6-8-10-18(22)20-16-12-14-17(21)15-13-16/h12-15,21H,2-11H2,1H3,(H,20,22). The van der Waals surface area contributed by atoms with Gasteiger partial charge < -0.3 is 15.2 Å². The van der Waals surface area contributed by atoms with Crippen molar-refractivity contribution in [1.29, 1.82) is 0 Å². The Morgan fingerprint density at radius 3 is 1.92 bits per heavy atom. The van der Waals surface area contributed by atoms with Crippen molar-refractivity contribution in [2.45, 2.75) is 64.2 Å². The van der Waals surface area contributed by atoms with E-state index in [1.54, 1.807) is 24.3 Å². The van der Waals surface area contributed by atoms with Crippen LogP contribution in [-0.4, -0.2) is 24.1 Å². The topological polar surface area (TPSA) is 75.6 Å². The van der Waals surface area contributed by atoms with Crippen LogP contribution in [0.15, 0.2) is 24.3 Å². The van der Waals surface area contributed by atoms with Gasteiger partial charge in [0, 0.05) is 18.5 Å². The van der Waals surface area contributed by atoms with Crippen LogP contribution in [0.25, 0.3) is 0 Å². The van der Waals surface area contributed by atoms with Crippen molar-refractivity contribution in [2.75, 3.05) is 12.4 Å². The lowest BCUT2D eigenvalue weighted by Crippen LogP contribution is -2.10. The highest BCUT2D eigenvalue weighted by Crippen LogP contribution is 2.15. The summed E-state index contributed by atoms with van der Waals surface area (Å²) in [4.78, 5) is 22.7. The maximum Gasteiger partial charge on any atom is 0.305 e. The lowest BCUT2D eigenvalue weighted by atomic mass is 10.1. The molecule has 1 amide bonds. The lowest BCUT2D eigenvalue weighted by molar-refractivity contribution is -0.140. The van der Waals surface area contributed by atoms with E-state index >= 15 is 0 Å². The fraction of sp³-hybridized carbons (Fsp3) is 0.579. The molecule has 0 fully saturated rings. The van der Waals surface area contributed by atoms with E-state index in [2.05, 4.69) is 10.1 Å². The molecule has 0 bridgehead atoms. The maximum atomic E-state index is 11.8. The van der Waals surface area contributed by atoms with E-state index < -0.39 is 0 Å². The Kier molecular flexibility index (Phi) is 10.3. The number of esters is 1. The van der Waals surface area contributed by atoms with Gasteiger partial charge >= 0.3 is 5.97 Å². The Morgan fingerprint density at radius 1 is 0.875 bits per heavy atom. The molecule has 2 N–H and O–H groups in total. The molecule has 0 aromatic heterocycles. The molecule has 0 radical (unpaired) electrons. The number of nitrogens with one attached hydrogen (secondary N) is 1. The van der Waals surface area contributed by atoms with E-state index in [4.69, 9.17) is 0 Å². The van der Waals surface area contributed by atoms with Crippen molar-refractivity contribution in [1.82, 2.24) is 0 Å². The fourth-order valence-corrected chi connectivity index (χ4v) is 2.49. The number of hydrogen-bond donors (Lipinski definition) is 2. The third-order valence-electron chi connectivity index (χ3n) is 3.91. The fourth-order valence-electron chi connectivity index (χ4n) is 2.49. The van der Waals surface area contributed by atoms with E-state index in [0.717, 1.165) is 38.5 Å². The van der Waals surface area contributed by atoms with Gasteiger partial charge in [0.1, 0.15) is 5.75 Å².